The minimum absolute atomic E-state index is 0.585. The quantitative estimate of drug-likeness (QED) is 0.593. The predicted molar refractivity (Wildman–Crippen MR) is 118 cm³/mol. The van der Waals surface area contributed by atoms with Crippen LogP contribution in [0.3, 0.4) is 0 Å². The highest BCUT2D eigenvalue weighted by Gasteiger charge is 2.20. The molecule has 4 heteroatoms. The Morgan fingerprint density at radius 1 is 0.741 bits per heavy atom. The van der Waals surface area contributed by atoms with E-state index in [1.807, 2.05) is 21.6 Å². The molecule has 0 radical (unpaired) electrons. The molecule has 27 heavy (non-hydrogen) atoms. The van der Waals surface area contributed by atoms with Gasteiger partial charge in [-0.15, -0.1) is 0 Å². The molecule has 146 valence electrons. The highest BCUT2D eigenvalue weighted by molar-refractivity contribution is 8.76. The van der Waals surface area contributed by atoms with Crippen molar-refractivity contribution in [2.24, 2.45) is 0 Å². The molecular weight excluding hydrogens is 372 g/mol. The monoisotopic (exact) mass is 402 g/mol. The normalized spacial score (nSPS) is 23.0. The summed E-state index contributed by atoms with van der Waals surface area (Å²) in [5, 5.41) is 10.5. The van der Waals surface area contributed by atoms with Crippen LogP contribution in [-0.2, 0) is 30.4 Å². The van der Waals surface area contributed by atoms with E-state index in [2.05, 4.69) is 48.5 Å². The van der Waals surface area contributed by atoms with Crippen LogP contribution in [0.1, 0.15) is 42.0 Å². The van der Waals surface area contributed by atoms with Crippen LogP contribution in [0.4, 0.5) is 0 Å². The van der Waals surface area contributed by atoms with Crippen LogP contribution in [0, 0.1) is 0 Å². The molecule has 0 saturated heterocycles. The molecule has 0 fully saturated rings. The Morgan fingerprint density at radius 3 is 1.70 bits per heavy atom. The van der Waals surface area contributed by atoms with E-state index in [0.717, 1.165) is 43.6 Å². The molecule has 6 rings (SSSR count). The third kappa shape index (κ3) is 7.53. The molecular formula is C23H30O2S2. The summed E-state index contributed by atoms with van der Waals surface area (Å²) >= 11 is 0. The lowest BCUT2D eigenvalue weighted by Gasteiger charge is -2.24. The van der Waals surface area contributed by atoms with Gasteiger partial charge in [-0.1, -0.05) is 70.1 Å². The molecule has 1 unspecified atom stereocenters. The van der Waals surface area contributed by atoms with E-state index in [-0.39, 0.29) is 0 Å². The molecule has 2 aromatic carbocycles. The van der Waals surface area contributed by atoms with Gasteiger partial charge in [0, 0.05) is 17.9 Å². The second-order valence-corrected chi connectivity index (χ2v) is 10.1. The molecule has 4 aliphatic heterocycles. The van der Waals surface area contributed by atoms with E-state index in [1.165, 1.54) is 22.3 Å². The maximum absolute atomic E-state index is 10.5. The molecule has 0 amide bonds. The van der Waals surface area contributed by atoms with Gasteiger partial charge in [0.1, 0.15) is 0 Å². The van der Waals surface area contributed by atoms with Gasteiger partial charge in [0.25, 0.3) is 0 Å². The summed E-state index contributed by atoms with van der Waals surface area (Å²) in [7, 11) is 3.95. The lowest BCUT2D eigenvalue weighted by atomic mass is 10.0. The minimum Gasteiger partial charge on any atom is -0.366 e. The average Bonchev–Trinajstić information content (AvgIpc) is 2.68. The van der Waals surface area contributed by atoms with Crippen molar-refractivity contribution in [2.45, 2.75) is 51.2 Å². The van der Waals surface area contributed by atoms with Crippen molar-refractivity contribution in [3.8, 4) is 0 Å². The first-order valence-electron chi connectivity index (χ1n) is 9.87. The number of benzene rings is 2. The van der Waals surface area contributed by atoms with Gasteiger partial charge in [-0.05, 0) is 61.3 Å². The van der Waals surface area contributed by atoms with E-state index < -0.39 is 5.79 Å². The zero-order chi connectivity index (χ0) is 19.0. The van der Waals surface area contributed by atoms with Crippen molar-refractivity contribution in [1.82, 2.24) is 0 Å². The lowest BCUT2D eigenvalue weighted by Crippen LogP contribution is -2.29. The Kier molecular flexibility index (Phi) is 8.13. The van der Waals surface area contributed by atoms with E-state index in [1.54, 1.807) is 6.92 Å². The second-order valence-electron chi connectivity index (χ2n) is 7.40. The number of ether oxygens (including phenoxy) is 1. The number of hydrogen-bond acceptors (Lipinski definition) is 4. The topological polar surface area (TPSA) is 29.5 Å². The summed E-state index contributed by atoms with van der Waals surface area (Å²) in [6, 6.07) is 17.8. The van der Waals surface area contributed by atoms with Crippen LogP contribution in [0.2, 0.25) is 0 Å². The summed E-state index contributed by atoms with van der Waals surface area (Å²) in [6.07, 6.45) is 5.60. The minimum atomic E-state index is -1.06. The van der Waals surface area contributed by atoms with E-state index in [9.17, 15) is 5.11 Å². The van der Waals surface area contributed by atoms with Gasteiger partial charge in [-0.2, -0.15) is 0 Å². The zero-order valence-electron chi connectivity index (χ0n) is 16.2. The van der Waals surface area contributed by atoms with Crippen LogP contribution in [0.25, 0.3) is 0 Å². The highest BCUT2D eigenvalue weighted by Crippen LogP contribution is 2.24. The van der Waals surface area contributed by atoms with Gasteiger partial charge in [-0.3, -0.25) is 0 Å². The van der Waals surface area contributed by atoms with E-state index in [0.29, 0.717) is 13.0 Å². The largest absolute Gasteiger partial charge is 0.366 e. The van der Waals surface area contributed by atoms with Crippen LogP contribution in [0.5, 0.6) is 0 Å². The maximum atomic E-state index is 10.5. The molecule has 1 N–H and O–H groups in total. The number of aliphatic hydroxyl groups is 1. The van der Waals surface area contributed by atoms with Crippen LogP contribution in [-0.4, -0.2) is 29.0 Å². The summed E-state index contributed by atoms with van der Waals surface area (Å²) < 4.78 is 5.76. The van der Waals surface area contributed by atoms with Crippen LogP contribution >= 0.6 is 21.6 Å². The second kappa shape index (κ2) is 10.6. The maximum Gasteiger partial charge on any atom is 0.162 e. The Balaban J connectivity index is 1.61. The predicted octanol–water partition coefficient (Wildman–Crippen LogP) is 5.46. The highest BCUT2D eigenvalue weighted by atomic mass is 33.1. The summed E-state index contributed by atoms with van der Waals surface area (Å²) in [6.45, 7) is 2.36. The molecule has 4 aliphatic rings. The standard InChI is InChI=1S/C23H30O2S2/c1-23(24)15-12-20-6-10-22(11-7-20)14-18-27-26-17-13-21-8-4-19(5-9-21)3-2-16-25-23/h4-11,24H,2-3,12-18H2,1H3. The van der Waals surface area contributed by atoms with Gasteiger partial charge in [-0.25, -0.2) is 0 Å². The first kappa shape index (κ1) is 20.8. The fraction of sp³-hybridized carbons (Fsp3) is 0.478. The molecule has 2 nitrogen and oxygen atoms in total. The molecule has 0 saturated carbocycles. The molecule has 2 aromatic rings. The average molecular weight is 403 g/mol. The third-order valence-corrected chi connectivity index (χ3v) is 7.39. The SMILES string of the molecule is CC1(O)CCc2ccc(cc2)CCSSCCc2ccc(cc2)CCCO1. The zero-order valence-corrected chi connectivity index (χ0v) is 17.8. The molecule has 4 heterocycles. The van der Waals surface area contributed by atoms with Gasteiger partial charge >= 0.3 is 0 Å². The summed E-state index contributed by atoms with van der Waals surface area (Å²) in [4.78, 5) is 0. The third-order valence-electron chi connectivity index (χ3n) is 4.98. The fourth-order valence-corrected chi connectivity index (χ4v) is 5.28. The smallest absolute Gasteiger partial charge is 0.162 e. The number of hydrogen-bond donors (Lipinski definition) is 1. The van der Waals surface area contributed by atoms with E-state index in [4.69, 9.17) is 4.74 Å². The van der Waals surface area contributed by atoms with Crippen molar-refractivity contribution in [3.63, 3.8) is 0 Å². The van der Waals surface area contributed by atoms with Crippen molar-refractivity contribution in [2.75, 3.05) is 18.1 Å². The number of aryl methyl sites for hydroxylation is 4. The van der Waals surface area contributed by atoms with Crippen molar-refractivity contribution in [1.29, 1.82) is 0 Å². The number of rotatable bonds is 0. The lowest BCUT2D eigenvalue weighted by molar-refractivity contribution is -0.193. The molecule has 0 aliphatic carbocycles. The van der Waals surface area contributed by atoms with Gasteiger partial charge in [0.05, 0.1) is 6.61 Å². The van der Waals surface area contributed by atoms with Crippen LogP contribution in [0.15, 0.2) is 48.5 Å². The van der Waals surface area contributed by atoms with Gasteiger partial charge in [0.2, 0.25) is 0 Å². The fourth-order valence-electron chi connectivity index (χ4n) is 3.20. The Labute approximate surface area is 171 Å². The Bertz CT molecular complexity index is 681. The summed E-state index contributed by atoms with van der Waals surface area (Å²) in [5.41, 5.74) is 5.40. The Morgan fingerprint density at radius 2 is 1.19 bits per heavy atom. The molecule has 0 spiro atoms. The van der Waals surface area contributed by atoms with Gasteiger partial charge in [0.15, 0.2) is 5.79 Å². The van der Waals surface area contributed by atoms with Crippen LogP contribution < -0.4 is 0 Å². The molecule has 1 atom stereocenters. The first-order chi connectivity index (χ1) is 13.1. The van der Waals surface area contributed by atoms with Crippen molar-refractivity contribution >= 4 is 21.6 Å². The molecule has 4 bridgehead atoms. The Hall–Kier alpha value is -0.940. The van der Waals surface area contributed by atoms with E-state index >= 15 is 0 Å². The van der Waals surface area contributed by atoms with Crippen molar-refractivity contribution in [3.05, 3.63) is 70.8 Å². The summed E-state index contributed by atoms with van der Waals surface area (Å²) in [5.74, 6) is 1.24. The van der Waals surface area contributed by atoms with Crippen molar-refractivity contribution < 1.29 is 9.84 Å². The van der Waals surface area contributed by atoms with Gasteiger partial charge < -0.3 is 9.84 Å². The molecule has 0 aromatic heterocycles. The first-order valence-corrected chi connectivity index (χ1v) is 12.4.